The van der Waals surface area contributed by atoms with Crippen molar-refractivity contribution in [3.05, 3.63) is 64.9 Å². The molecule has 0 saturated heterocycles. The van der Waals surface area contributed by atoms with E-state index in [1.807, 2.05) is 6.07 Å². The lowest BCUT2D eigenvalue weighted by molar-refractivity contribution is -0.138. The standard InChI is InChI=1S/C19H18ClN3O3/c1-3-26-19(24)17(12-21)18(22-14-6-4-13(20)5-7-14)23-15-8-10-16(25-2)11-9-15/h4-11,22-23H,3H2,1-2H3/b18-17+. The molecule has 7 heteroatoms. The number of carbonyl (C=O) groups is 1. The van der Waals surface area contributed by atoms with E-state index in [-0.39, 0.29) is 18.0 Å². The summed E-state index contributed by atoms with van der Waals surface area (Å²) in [6, 6.07) is 15.8. The van der Waals surface area contributed by atoms with E-state index in [9.17, 15) is 10.1 Å². The van der Waals surface area contributed by atoms with Gasteiger partial charge in [-0.3, -0.25) is 0 Å². The van der Waals surface area contributed by atoms with Gasteiger partial charge < -0.3 is 20.1 Å². The Bertz CT molecular complexity index is 825. The summed E-state index contributed by atoms with van der Waals surface area (Å²) in [6.07, 6.45) is 0. The van der Waals surface area contributed by atoms with Crippen molar-refractivity contribution in [2.24, 2.45) is 0 Å². The number of carbonyl (C=O) groups excluding carboxylic acids is 1. The first-order chi connectivity index (χ1) is 12.6. The molecule has 2 aromatic rings. The molecule has 0 spiro atoms. The third kappa shape index (κ3) is 5.16. The second kappa shape index (κ2) is 9.35. The van der Waals surface area contributed by atoms with Crippen molar-refractivity contribution >= 4 is 28.9 Å². The number of anilines is 2. The summed E-state index contributed by atoms with van der Waals surface area (Å²) >= 11 is 5.89. The Balaban J connectivity index is 2.37. The Morgan fingerprint density at radius 3 is 2.08 bits per heavy atom. The van der Waals surface area contributed by atoms with Crippen molar-refractivity contribution in [2.45, 2.75) is 6.92 Å². The largest absolute Gasteiger partial charge is 0.497 e. The topological polar surface area (TPSA) is 83.4 Å². The molecule has 0 radical (unpaired) electrons. The molecule has 0 aliphatic heterocycles. The quantitative estimate of drug-likeness (QED) is 0.431. The highest BCUT2D eigenvalue weighted by molar-refractivity contribution is 6.30. The zero-order valence-electron chi connectivity index (χ0n) is 14.4. The summed E-state index contributed by atoms with van der Waals surface area (Å²) in [7, 11) is 1.57. The number of ether oxygens (including phenoxy) is 2. The molecule has 6 nitrogen and oxygen atoms in total. The maximum Gasteiger partial charge on any atom is 0.352 e. The minimum absolute atomic E-state index is 0.167. The molecule has 0 unspecified atom stereocenters. The Kier molecular flexibility index (Phi) is 6.89. The Morgan fingerprint density at radius 1 is 1.08 bits per heavy atom. The molecular weight excluding hydrogens is 354 g/mol. The molecule has 0 aliphatic carbocycles. The number of nitrogens with one attached hydrogen (secondary N) is 2. The van der Waals surface area contributed by atoms with Gasteiger partial charge in [-0.15, -0.1) is 0 Å². The van der Waals surface area contributed by atoms with Gasteiger partial charge >= 0.3 is 5.97 Å². The first-order valence-electron chi connectivity index (χ1n) is 7.82. The number of hydrogen-bond donors (Lipinski definition) is 2. The first kappa shape index (κ1) is 19.2. The summed E-state index contributed by atoms with van der Waals surface area (Å²) in [6.45, 7) is 1.84. The predicted molar refractivity (Wildman–Crippen MR) is 101 cm³/mol. The molecule has 0 atom stereocenters. The maximum atomic E-state index is 12.1. The van der Waals surface area contributed by atoms with Gasteiger partial charge in [-0.1, -0.05) is 11.6 Å². The van der Waals surface area contributed by atoms with Crippen LogP contribution in [0.5, 0.6) is 5.75 Å². The molecule has 0 heterocycles. The van der Waals surface area contributed by atoms with Crippen LogP contribution in [0.25, 0.3) is 0 Å². The van der Waals surface area contributed by atoms with E-state index < -0.39 is 5.97 Å². The lowest BCUT2D eigenvalue weighted by atomic mass is 10.2. The number of methoxy groups -OCH3 is 1. The number of rotatable bonds is 7. The van der Waals surface area contributed by atoms with Crippen LogP contribution in [0.4, 0.5) is 11.4 Å². The van der Waals surface area contributed by atoms with Crippen LogP contribution in [0.1, 0.15) is 6.92 Å². The van der Waals surface area contributed by atoms with Crippen molar-refractivity contribution in [1.82, 2.24) is 0 Å². The fourth-order valence-corrected chi connectivity index (χ4v) is 2.19. The van der Waals surface area contributed by atoms with Gasteiger partial charge in [-0.2, -0.15) is 5.26 Å². The monoisotopic (exact) mass is 371 g/mol. The molecular formula is C19H18ClN3O3. The average molecular weight is 372 g/mol. The van der Waals surface area contributed by atoms with E-state index in [0.717, 1.165) is 0 Å². The summed E-state index contributed by atoms with van der Waals surface area (Å²) in [5, 5.41) is 16.1. The highest BCUT2D eigenvalue weighted by Crippen LogP contribution is 2.21. The van der Waals surface area contributed by atoms with Gasteiger partial charge in [-0.05, 0) is 55.5 Å². The molecule has 0 bridgehead atoms. The molecule has 26 heavy (non-hydrogen) atoms. The Hall–Kier alpha value is -3.17. The molecule has 134 valence electrons. The van der Waals surface area contributed by atoms with Crippen LogP contribution in [0, 0.1) is 11.3 Å². The maximum absolute atomic E-state index is 12.1. The highest BCUT2D eigenvalue weighted by Gasteiger charge is 2.17. The zero-order chi connectivity index (χ0) is 18.9. The molecule has 0 aromatic heterocycles. The fourth-order valence-electron chi connectivity index (χ4n) is 2.06. The van der Waals surface area contributed by atoms with Gasteiger partial charge in [0.2, 0.25) is 0 Å². The number of nitriles is 1. The van der Waals surface area contributed by atoms with Gasteiger partial charge in [0, 0.05) is 16.4 Å². The van der Waals surface area contributed by atoms with Crippen LogP contribution < -0.4 is 15.4 Å². The number of halogens is 1. The summed E-state index contributed by atoms with van der Waals surface area (Å²) in [5.41, 5.74) is 1.15. The average Bonchev–Trinajstić information content (AvgIpc) is 2.65. The first-order valence-corrected chi connectivity index (χ1v) is 8.20. The Labute approximate surface area is 157 Å². The van der Waals surface area contributed by atoms with E-state index in [1.54, 1.807) is 62.6 Å². The van der Waals surface area contributed by atoms with Crippen molar-refractivity contribution in [3.63, 3.8) is 0 Å². The molecule has 2 N–H and O–H groups in total. The number of nitrogens with zero attached hydrogens (tertiary/aromatic N) is 1. The van der Waals surface area contributed by atoms with Crippen LogP contribution in [0.3, 0.4) is 0 Å². The number of esters is 1. The van der Waals surface area contributed by atoms with E-state index in [0.29, 0.717) is 22.1 Å². The van der Waals surface area contributed by atoms with Crippen LogP contribution in [-0.4, -0.2) is 19.7 Å². The van der Waals surface area contributed by atoms with E-state index >= 15 is 0 Å². The van der Waals surface area contributed by atoms with Crippen LogP contribution >= 0.6 is 11.6 Å². The van der Waals surface area contributed by atoms with Crippen molar-refractivity contribution in [2.75, 3.05) is 24.4 Å². The van der Waals surface area contributed by atoms with Crippen LogP contribution in [0.2, 0.25) is 5.02 Å². The molecule has 0 aliphatic rings. The van der Waals surface area contributed by atoms with Gasteiger partial charge in [0.25, 0.3) is 0 Å². The molecule has 0 saturated carbocycles. The zero-order valence-corrected chi connectivity index (χ0v) is 15.1. The van der Waals surface area contributed by atoms with Crippen LogP contribution in [0.15, 0.2) is 59.9 Å². The smallest absolute Gasteiger partial charge is 0.352 e. The van der Waals surface area contributed by atoms with Gasteiger partial charge in [0.15, 0.2) is 5.57 Å². The minimum Gasteiger partial charge on any atom is -0.497 e. The summed E-state index contributed by atoms with van der Waals surface area (Å²) in [4.78, 5) is 12.1. The van der Waals surface area contributed by atoms with Crippen molar-refractivity contribution in [1.29, 1.82) is 5.26 Å². The lowest BCUT2D eigenvalue weighted by Gasteiger charge is -2.16. The normalized spacial score (nSPS) is 11.0. The highest BCUT2D eigenvalue weighted by atomic mass is 35.5. The third-order valence-electron chi connectivity index (χ3n) is 3.31. The third-order valence-corrected chi connectivity index (χ3v) is 3.57. The van der Waals surface area contributed by atoms with Gasteiger partial charge in [0.1, 0.15) is 17.6 Å². The predicted octanol–water partition coefficient (Wildman–Crippen LogP) is 4.17. The molecule has 2 rings (SSSR count). The van der Waals surface area contributed by atoms with E-state index in [4.69, 9.17) is 21.1 Å². The van der Waals surface area contributed by atoms with E-state index in [1.165, 1.54) is 0 Å². The second-order valence-electron chi connectivity index (χ2n) is 5.07. The van der Waals surface area contributed by atoms with E-state index in [2.05, 4.69) is 10.6 Å². The van der Waals surface area contributed by atoms with Gasteiger partial charge in [-0.25, -0.2) is 4.79 Å². The summed E-state index contributed by atoms with van der Waals surface area (Å²) < 4.78 is 10.1. The van der Waals surface area contributed by atoms with Gasteiger partial charge in [0.05, 0.1) is 13.7 Å². The van der Waals surface area contributed by atoms with Crippen molar-refractivity contribution < 1.29 is 14.3 Å². The SMILES string of the molecule is CCOC(=O)/C(C#N)=C(\Nc1ccc(Cl)cc1)Nc1ccc(OC)cc1. The van der Waals surface area contributed by atoms with Crippen LogP contribution in [-0.2, 0) is 9.53 Å². The minimum atomic E-state index is -0.715. The number of benzene rings is 2. The molecule has 2 aromatic carbocycles. The summed E-state index contributed by atoms with van der Waals surface area (Å²) in [5.74, 6) is 0.184. The van der Waals surface area contributed by atoms with Crippen molar-refractivity contribution in [3.8, 4) is 11.8 Å². The molecule has 0 amide bonds. The fraction of sp³-hybridized carbons (Fsp3) is 0.158. The number of hydrogen-bond acceptors (Lipinski definition) is 6. The second-order valence-corrected chi connectivity index (χ2v) is 5.50. The lowest BCUT2D eigenvalue weighted by Crippen LogP contribution is -2.18. The Morgan fingerprint density at radius 2 is 1.62 bits per heavy atom. The molecule has 0 fully saturated rings.